The maximum Gasteiger partial charge on any atom is 0.267 e. The summed E-state index contributed by atoms with van der Waals surface area (Å²) in [6, 6.07) is 0. The second-order valence-corrected chi connectivity index (χ2v) is 4.63. The maximum absolute atomic E-state index is 11.2. The van der Waals surface area contributed by atoms with Crippen molar-refractivity contribution in [3.05, 3.63) is 24.1 Å². The highest BCUT2D eigenvalue weighted by Crippen LogP contribution is 2.40. The van der Waals surface area contributed by atoms with E-state index in [1.165, 1.54) is 0 Å². The number of primary amides is 1. The van der Waals surface area contributed by atoms with Crippen LogP contribution in [0.25, 0.3) is 0 Å². The zero-order valence-electron chi connectivity index (χ0n) is 9.56. The van der Waals surface area contributed by atoms with Crippen molar-refractivity contribution < 1.29 is 9.53 Å². The van der Waals surface area contributed by atoms with Gasteiger partial charge in [0.1, 0.15) is 11.5 Å². The molecule has 2 heterocycles. The fourth-order valence-corrected chi connectivity index (χ4v) is 2.46. The van der Waals surface area contributed by atoms with E-state index in [1.54, 1.807) is 12.3 Å². The second-order valence-electron chi connectivity index (χ2n) is 4.63. The Kier molecular flexibility index (Phi) is 2.21. The van der Waals surface area contributed by atoms with Crippen LogP contribution in [0.2, 0.25) is 0 Å². The number of carbonyl (C=O) groups is 1. The van der Waals surface area contributed by atoms with Crippen molar-refractivity contribution in [2.75, 3.05) is 13.1 Å². The predicted molar refractivity (Wildman–Crippen MR) is 63.1 cm³/mol. The molecule has 0 aromatic heterocycles. The SMILES string of the molecule is NC(=O)C1=CCN2CC=COC3(CCC3)C2=N1. The third kappa shape index (κ3) is 1.53. The van der Waals surface area contributed by atoms with E-state index in [4.69, 9.17) is 10.5 Å². The number of nitrogens with two attached hydrogens (primary N) is 1. The molecule has 5 nitrogen and oxygen atoms in total. The van der Waals surface area contributed by atoms with Crippen molar-refractivity contribution in [2.24, 2.45) is 10.7 Å². The molecule has 0 bridgehead atoms. The molecule has 0 unspecified atom stereocenters. The first-order valence-electron chi connectivity index (χ1n) is 5.88. The fourth-order valence-electron chi connectivity index (χ4n) is 2.46. The third-order valence-corrected chi connectivity index (χ3v) is 3.57. The third-order valence-electron chi connectivity index (χ3n) is 3.57. The monoisotopic (exact) mass is 233 g/mol. The van der Waals surface area contributed by atoms with Crippen LogP contribution >= 0.6 is 0 Å². The quantitative estimate of drug-likeness (QED) is 0.718. The zero-order chi connectivity index (χ0) is 11.9. The molecular formula is C12H15N3O2. The average Bonchev–Trinajstić information content (AvgIpc) is 2.46. The lowest BCUT2D eigenvalue weighted by atomic mass is 9.78. The van der Waals surface area contributed by atoms with Crippen LogP contribution in [0.4, 0.5) is 0 Å². The lowest BCUT2D eigenvalue weighted by Crippen LogP contribution is -2.54. The van der Waals surface area contributed by atoms with Crippen LogP contribution in [-0.2, 0) is 9.53 Å². The highest BCUT2D eigenvalue weighted by Gasteiger charge is 2.47. The Labute approximate surface area is 99.6 Å². The number of aliphatic imine (C=N–C) groups is 1. The molecule has 0 atom stereocenters. The van der Waals surface area contributed by atoms with Gasteiger partial charge in [-0.15, -0.1) is 0 Å². The van der Waals surface area contributed by atoms with Gasteiger partial charge < -0.3 is 15.4 Å². The molecule has 2 aliphatic heterocycles. The molecule has 2 N–H and O–H groups in total. The molecule has 0 saturated heterocycles. The van der Waals surface area contributed by atoms with E-state index in [2.05, 4.69) is 9.89 Å². The van der Waals surface area contributed by atoms with Gasteiger partial charge in [0, 0.05) is 13.1 Å². The molecule has 1 fully saturated rings. The summed E-state index contributed by atoms with van der Waals surface area (Å²) in [6.07, 6.45) is 8.56. The molecule has 90 valence electrons. The van der Waals surface area contributed by atoms with E-state index in [0.717, 1.165) is 31.6 Å². The van der Waals surface area contributed by atoms with Gasteiger partial charge in [0.2, 0.25) is 0 Å². The van der Waals surface area contributed by atoms with E-state index < -0.39 is 5.91 Å². The molecule has 1 spiro atoms. The molecule has 1 aliphatic carbocycles. The first-order chi connectivity index (χ1) is 8.21. The first-order valence-corrected chi connectivity index (χ1v) is 5.88. The highest BCUT2D eigenvalue weighted by molar-refractivity contribution is 6.00. The molecule has 0 radical (unpaired) electrons. The van der Waals surface area contributed by atoms with Crippen LogP contribution in [0.15, 0.2) is 29.1 Å². The lowest BCUT2D eigenvalue weighted by molar-refractivity contribution is -0.114. The minimum atomic E-state index is -0.469. The van der Waals surface area contributed by atoms with Crippen molar-refractivity contribution in [2.45, 2.75) is 24.9 Å². The van der Waals surface area contributed by atoms with Crippen molar-refractivity contribution in [3.63, 3.8) is 0 Å². The Bertz CT molecular complexity index is 447. The van der Waals surface area contributed by atoms with E-state index in [1.807, 2.05) is 6.08 Å². The van der Waals surface area contributed by atoms with Crippen LogP contribution in [-0.4, -0.2) is 35.3 Å². The number of nitrogens with zero attached hydrogens (tertiary/aromatic N) is 2. The molecule has 3 aliphatic rings. The second kappa shape index (κ2) is 3.61. The Morgan fingerprint density at radius 2 is 2.29 bits per heavy atom. The van der Waals surface area contributed by atoms with Crippen LogP contribution in [0.5, 0.6) is 0 Å². The Balaban J connectivity index is 1.99. The lowest BCUT2D eigenvalue weighted by Gasteiger charge is -2.44. The summed E-state index contributed by atoms with van der Waals surface area (Å²) in [7, 11) is 0. The predicted octanol–water partition coefficient (Wildman–Crippen LogP) is 0.536. The van der Waals surface area contributed by atoms with Crippen molar-refractivity contribution >= 4 is 11.7 Å². The zero-order valence-corrected chi connectivity index (χ0v) is 9.56. The molecule has 0 aromatic rings. The average molecular weight is 233 g/mol. The van der Waals surface area contributed by atoms with Gasteiger partial charge in [0.15, 0.2) is 5.60 Å². The van der Waals surface area contributed by atoms with Crippen LogP contribution < -0.4 is 5.73 Å². The van der Waals surface area contributed by atoms with E-state index in [0.29, 0.717) is 12.2 Å². The van der Waals surface area contributed by atoms with E-state index in [9.17, 15) is 4.79 Å². The standard InChI is InChI=1S/C12H15N3O2/c13-10(16)9-3-7-15-6-2-8-17-12(4-1-5-12)11(15)14-9/h2-3,8H,1,4-7H2,(H2,13,16). The topological polar surface area (TPSA) is 67.9 Å². The molecule has 3 rings (SSSR count). The minimum absolute atomic E-state index is 0.317. The van der Waals surface area contributed by atoms with Gasteiger partial charge in [-0.3, -0.25) is 4.79 Å². The highest BCUT2D eigenvalue weighted by atomic mass is 16.5. The normalized spacial score (nSPS) is 25.1. The maximum atomic E-state index is 11.2. The summed E-state index contributed by atoms with van der Waals surface area (Å²) in [5, 5.41) is 0. The van der Waals surface area contributed by atoms with Gasteiger partial charge >= 0.3 is 0 Å². The Morgan fingerprint density at radius 1 is 1.47 bits per heavy atom. The summed E-state index contributed by atoms with van der Waals surface area (Å²) >= 11 is 0. The van der Waals surface area contributed by atoms with Gasteiger partial charge in [-0.1, -0.05) is 0 Å². The summed E-state index contributed by atoms with van der Waals surface area (Å²) < 4.78 is 5.79. The fraction of sp³-hybridized carbons (Fsp3) is 0.500. The van der Waals surface area contributed by atoms with Gasteiger partial charge in [-0.2, -0.15) is 0 Å². The van der Waals surface area contributed by atoms with Crippen LogP contribution in [0.1, 0.15) is 19.3 Å². The number of amides is 1. The van der Waals surface area contributed by atoms with Gasteiger partial charge in [-0.05, 0) is 31.4 Å². The number of rotatable bonds is 1. The summed E-state index contributed by atoms with van der Waals surface area (Å²) in [5.74, 6) is 0.397. The van der Waals surface area contributed by atoms with E-state index >= 15 is 0 Å². The molecule has 17 heavy (non-hydrogen) atoms. The van der Waals surface area contributed by atoms with Crippen molar-refractivity contribution in [3.8, 4) is 0 Å². The van der Waals surface area contributed by atoms with Crippen molar-refractivity contribution in [1.29, 1.82) is 0 Å². The number of carbonyl (C=O) groups excluding carboxylic acids is 1. The van der Waals surface area contributed by atoms with Crippen LogP contribution in [0, 0.1) is 0 Å². The first kappa shape index (κ1) is 10.4. The summed E-state index contributed by atoms with van der Waals surface area (Å²) in [6.45, 7) is 1.44. The number of hydrogen-bond acceptors (Lipinski definition) is 4. The van der Waals surface area contributed by atoms with Crippen LogP contribution in [0.3, 0.4) is 0 Å². The molecular weight excluding hydrogens is 218 g/mol. The minimum Gasteiger partial charge on any atom is -0.487 e. The smallest absolute Gasteiger partial charge is 0.267 e. The number of fused-ring (bicyclic) bond motifs is 2. The molecule has 5 heteroatoms. The summed E-state index contributed by atoms with van der Waals surface area (Å²) in [5.41, 5.74) is 5.32. The molecule has 1 saturated carbocycles. The number of hydrogen-bond donors (Lipinski definition) is 1. The Hall–Kier alpha value is -1.78. The number of ether oxygens (including phenoxy) is 1. The van der Waals surface area contributed by atoms with Crippen molar-refractivity contribution in [1.82, 2.24) is 4.90 Å². The Morgan fingerprint density at radius 3 is 2.94 bits per heavy atom. The van der Waals surface area contributed by atoms with Gasteiger partial charge in [-0.25, -0.2) is 4.99 Å². The molecule has 1 amide bonds. The largest absolute Gasteiger partial charge is 0.487 e. The summed E-state index contributed by atoms with van der Waals surface area (Å²) in [4.78, 5) is 17.7. The van der Waals surface area contributed by atoms with E-state index in [-0.39, 0.29) is 5.60 Å². The number of amidine groups is 1. The molecule has 0 aromatic carbocycles. The van der Waals surface area contributed by atoms with Gasteiger partial charge in [0.05, 0.1) is 6.26 Å². The van der Waals surface area contributed by atoms with Gasteiger partial charge in [0.25, 0.3) is 5.91 Å².